The SMILES string of the molecule is COc1ccccc1NC(=O)c1ccc(Nc2ccc(NC(C)=O)cc2)nc1. The molecule has 0 aliphatic heterocycles. The summed E-state index contributed by atoms with van der Waals surface area (Å²) < 4.78 is 5.23. The maximum atomic E-state index is 12.4. The molecule has 3 rings (SSSR count). The quantitative estimate of drug-likeness (QED) is 0.604. The second-order valence-electron chi connectivity index (χ2n) is 5.97. The summed E-state index contributed by atoms with van der Waals surface area (Å²) in [7, 11) is 1.55. The Morgan fingerprint density at radius 1 is 0.893 bits per heavy atom. The normalized spacial score (nSPS) is 10.1. The van der Waals surface area contributed by atoms with Gasteiger partial charge in [-0.05, 0) is 48.5 Å². The van der Waals surface area contributed by atoms with Gasteiger partial charge in [-0.15, -0.1) is 0 Å². The number of ether oxygens (including phenoxy) is 1. The van der Waals surface area contributed by atoms with Gasteiger partial charge in [-0.2, -0.15) is 0 Å². The van der Waals surface area contributed by atoms with Gasteiger partial charge in [0, 0.05) is 24.5 Å². The Hall–Kier alpha value is -3.87. The van der Waals surface area contributed by atoms with Gasteiger partial charge in [-0.25, -0.2) is 4.98 Å². The number of nitrogens with one attached hydrogen (secondary N) is 3. The Balaban J connectivity index is 1.64. The predicted octanol–water partition coefficient (Wildman–Crippen LogP) is 4.04. The van der Waals surface area contributed by atoms with Crippen LogP contribution in [0.25, 0.3) is 0 Å². The Bertz CT molecular complexity index is 970. The third-order valence-electron chi connectivity index (χ3n) is 3.86. The lowest BCUT2D eigenvalue weighted by atomic mass is 10.2. The number of hydrogen-bond donors (Lipinski definition) is 3. The van der Waals surface area contributed by atoms with Crippen LogP contribution in [-0.4, -0.2) is 23.9 Å². The van der Waals surface area contributed by atoms with Crippen LogP contribution in [0.5, 0.6) is 5.75 Å². The van der Waals surface area contributed by atoms with Crippen molar-refractivity contribution >= 4 is 34.7 Å². The van der Waals surface area contributed by atoms with Gasteiger partial charge in [0.05, 0.1) is 18.4 Å². The number of rotatable bonds is 6. The van der Waals surface area contributed by atoms with Crippen molar-refractivity contribution in [3.63, 3.8) is 0 Å². The fraction of sp³-hybridized carbons (Fsp3) is 0.0952. The topological polar surface area (TPSA) is 92.4 Å². The molecule has 0 aliphatic carbocycles. The summed E-state index contributed by atoms with van der Waals surface area (Å²) >= 11 is 0. The second-order valence-corrected chi connectivity index (χ2v) is 5.97. The Morgan fingerprint density at radius 2 is 1.61 bits per heavy atom. The summed E-state index contributed by atoms with van der Waals surface area (Å²) in [5.41, 5.74) is 2.55. The minimum atomic E-state index is -0.275. The molecule has 0 fully saturated rings. The Kier molecular flexibility index (Phi) is 5.86. The van der Waals surface area contributed by atoms with Crippen LogP contribution in [0.3, 0.4) is 0 Å². The summed E-state index contributed by atoms with van der Waals surface area (Å²) in [6.45, 7) is 1.46. The molecule has 0 atom stereocenters. The Morgan fingerprint density at radius 3 is 2.25 bits per heavy atom. The predicted molar refractivity (Wildman–Crippen MR) is 109 cm³/mol. The van der Waals surface area contributed by atoms with Gasteiger partial charge in [-0.3, -0.25) is 9.59 Å². The summed E-state index contributed by atoms with van der Waals surface area (Å²) in [6.07, 6.45) is 1.50. The van der Waals surface area contributed by atoms with Crippen LogP contribution >= 0.6 is 0 Å². The van der Waals surface area contributed by atoms with E-state index in [1.165, 1.54) is 13.1 Å². The van der Waals surface area contributed by atoms with Gasteiger partial charge in [0.25, 0.3) is 5.91 Å². The van der Waals surface area contributed by atoms with E-state index in [-0.39, 0.29) is 11.8 Å². The monoisotopic (exact) mass is 376 g/mol. The molecule has 142 valence electrons. The number of anilines is 4. The zero-order valence-corrected chi connectivity index (χ0v) is 15.5. The molecule has 7 nitrogen and oxygen atoms in total. The first-order chi connectivity index (χ1) is 13.5. The molecule has 2 aromatic carbocycles. The van der Waals surface area contributed by atoms with Gasteiger partial charge < -0.3 is 20.7 Å². The van der Waals surface area contributed by atoms with Crippen LogP contribution in [-0.2, 0) is 4.79 Å². The maximum absolute atomic E-state index is 12.4. The summed E-state index contributed by atoms with van der Waals surface area (Å²) in [6, 6.07) is 17.8. The molecular formula is C21H20N4O3. The van der Waals surface area contributed by atoms with Crippen LogP contribution in [0.2, 0.25) is 0 Å². The van der Waals surface area contributed by atoms with E-state index in [2.05, 4.69) is 20.9 Å². The average Bonchev–Trinajstić information content (AvgIpc) is 2.70. The number of aromatic nitrogens is 1. The van der Waals surface area contributed by atoms with E-state index in [9.17, 15) is 9.59 Å². The first kappa shape index (κ1) is 18.9. The van der Waals surface area contributed by atoms with E-state index < -0.39 is 0 Å². The van der Waals surface area contributed by atoms with E-state index in [0.717, 1.165) is 11.4 Å². The lowest BCUT2D eigenvalue weighted by molar-refractivity contribution is -0.114. The molecular weight excluding hydrogens is 356 g/mol. The molecule has 3 aromatic rings. The van der Waals surface area contributed by atoms with Gasteiger partial charge in [0.15, 0.2) is 0 Å². The molecule has 3 N–H and O–H groups in total. The first-order valence-corrected chi connectivity index (χ1v) is 8.60. The van der Waals surface area contributed by atoms with Crippen molar-refractivity contribution in [3.05, 3.63) is 72.4 Å². The van der Waals surface area contributed by atoms with Crippen molar-refractivity contribution in [2.45, 2.75) is 6.92 Å². The van der Waals surface area contributed by atoms with E-state index >= 15 is 0 Å². The lowest BCUT2D eigenvalue weighted by Crippen LogP contribution is -2.13. The minimum absolute atomic E-state index is 0.121. The van der Waals surface area contributed by atoms with Crippen molar-refractivity contribution < 1.29 is 14.3 Å². The fourth-order valence-corrected chi connectivity index (χ4v) is 2.53. The zero-order valence-electron chi connectivity index (χ0n) is 15.5. The molecule has 0 aliphatic rings. The van der Waals surface area contributed by atoms with Crippen LogP contribution < -0.4 is 20.7 Å². The molecule has 28 heavy (non-hydrogen) atoms. The number of nitrogens with zero attached hydrogens (tertiary/aromatic N) is 1. The molecule has 0 saturated carbocycles. The number of pyridine rings is 1. The zero-order chi connectivity index (χ0) is 19.9. The molecule has 0 saturated heterocycles. The highest BCUT2D eigenvalue weighted by Crippen LogP contribution is 2.24. The summed E-state index contributed by atoms with van der Waals surface area (Å²) in [4.78, 5) is 27.7. The second kappa shape index (κ2) is 8.68. The number of benzene rings is 2. The van der Waals surface area contributed by atoms with E-state index in [0.29, 0.717) is 22.8 Å². The van der Waals surface area contributed by atoms with E-state index in [1.807, 2.05) is 24.3 Å². The molecule has 2 amide bonds. The highest BCUT2D eigenvalue weighted by molar-refractivity contribution is 6.04. The smallest absolute Gasteiger partial charge is 0.257 e. The van der Waals surface area contributed by atoms with Crippen LogP contribution in [0.15, 0.2) is 66.9 Å². The molecule has 1 aromatic heterocycles. The van der Waals surface area contributed by atoms with Gasteiger partial charge in [0.2, 0.25) is 5.91 Å². The lowest BCUT2D eigenvalue weighted by Gasteiger charge is -2.10. The number of hydrogen-bond acceptors (Lipinski definition) is 5. The molecule has 0 spiro atoms. The number of carbonyl (C=O) groups excluding carboxylic acids is 2. The summed E-state index contributed by atoms with van der Waals surface area (Å²) in [5.74, 6) is 0.790. The first-order valence-electron chi connectivity index (χ1n) is 8.60. The van der Waals surface area contributed by atoms with Crippen molar-refractivity contribution in [2.75, 3.05) is 23.1 Å². The number of para-hydroxylation sites is 2. The number of methoxy groups -OCH3 is 1. The third kappa shape index (κ3) is 4.85. The van der Waals surface area contributed by atoms with Gasteiger partial charge >= 0.3 is 0 Å². The van der Waals surface area contributed by atoms with E-state index in [4.69, 9.17) is 4.74 Å². The number of carbonyl (C=O) groups is 2. The standard InChI is InChI=1S/C21H20N4O3/c1-14(26)23-16-8-10-17(11-9-16)24-20-12-7-15(13-22-20)21(27)25-18-5-3-4-6-19(18)28-2/h3-13H,1-2H3,(H,22,24)(H,23,26)(H,25,27). The van der Waals surface area contributed by atoms with Gasteiger partial charge in [-0.1, -0.05) is 12.1 Å². The fourth-order valence-electron chi connectivity index (χ4n) is 2.53. The molecule has 0 radical (unpaired) electrons. The average molecular weight is 376 g/mol. The van der Waals surface area contributed by atoms with Crippen LogP contribution in [0, 0.1) is 0 Å². The highest BCUT2D eigenvalue weighted by Gasteiger charge is 2.10. The molecule has 1 heterocycles. The minimum Gasteiger partial charge on any atom is -0.495 e. The Labute approximate surface area is 162 Å². The van der Waals surface area contributed by atoms with Crippen molar-refractivity contribution in [1.29, 1.82) is 0 Å². The van der Waals surface area contributed by atoms with Crippen molar-refractivity contribution in [2.24, 2.45) is 0 Å². The molecule has 0 bridgehead atoms. The van der Waals surface area contributed by atoms with Crippen LogP contribution in [0.1, 0.15) is 17.3 Å². The summed E-state index contributed by atoms with van der Waals surface area (Å²) in [5, 5.41) is 8.66. The third-order valence-corrected chi connectivity index (χ3v) is 3.86. The highest BCUT2D eigenvalue weighted by atomic mass is 16.5. The van der Waals surface area contributed by atoms with Gasteiger partial charge in [0.1, 0.15) is 11.6 Å². The molecule has 7 heteroatoms. The number of amides is 2. The molecule has 0 unspecified atom stereocenters. The maximum Gasteiger partial charge on any atom is 0.257 e. The van der Waals surface area contributed by atoms with Crippen molar-refractivity contribution in [3.8, 4) is 5.75 Å². The van der Waals surface area contributed by atoms with Crippen LogP contribution in [0.4, 0.5) is 22.9 Å². The largest absolute Gasteiger partial charge is 0.495 e. The van der Waals surface area contributed by atoms with Crippen molar-refractivity contribution in [1.82, 2.24) is 4.98 Å². The van der Waals surface area contributed by atoms with E-state index in [1.54, 1.807) is 43.5 Å².